The maximum Gasteiger partial charge on any atom is 0.0568 e. The van der Waals surface area contributed by atoms with Crippen LogP contribution in [0.3, 0.4) is 0 Å². The van der Waals surface area contributed by atoms with Crippen molar-refractivity contribution in [3.05, 3.63) is 69.9 Å². The number of thiophene rings is 1. The second kappa shape index (κ2) is 4.56. The maximum absolute atomic E-state index is 6.43. The number of aryl methyl sites for hydroxylation is 1. The van der Waals surface area contributed by atoms with E-state index in [1.165, 1.54) is 27.5 Å². The van der Waals surface area contributed by atoms with E-state index in [1.807, 2.05) is 0 Å². The molecule has 2 N–H and O–H groups in total. The fourth-order valence-electron chi connectivity index (χ4n) is 2.44. The summed E-state index contributed by atoms with van der Waals surface area (Å²) in [5.41, 5.74) is 10.1. The van der Waals surface area contributed by atoms with Crippen molar-refractivity contribution >= 4 is 22.1 Å². The van der Waals surface area contributed by atoms with Gasteiger partial charge in [0.25, 0.3) is 0 Å². The van der Waals surface area contributed by atoms with E-state index < -0.39 is 0 Å². The van der Waals surface area contributed by atoms with Crippen LogP contribution in [0, 0.1) is 6.92 Å². The summed E-state index contributed by atoms with van der Waals surface area (Å²) in [6.45, 7) is 2.13. The number of hydrogen-bond donors (Lipinski definition) is 1. The van der Waals surface area contributed by atoms with Crippen LogP contribution in [0.1, 0.15) is 22.7 Å². The monoisotopic (exact) mass is 253 g/mol. The van der Waals surface area contributed by atoms with Crippen LogP contribution in [-0.4, -0.2) is 0 Å². The summed E-state index contributed by atoms with van der Waals surface area (Å²) in [7, 11) is 0. The average molecular weight is 253 g/mol. The van der Waals surface area contributed by atoms with Crippen molar-refractivity contribution < 1.29 is 0 Å². The first-order valence-corrected chi connectivity index (χ1v) is 6.97. The molecule has 0 aliphatic carbocycles. The van der Waals surface area contributed by atoms with E-state index in [4.69, 9.17) is 5.73 Å². The molecule has 2 heteroatoms. The van der Waals surface area contributed by atoms with Crippen molar-refractivity contribution in [2.24, 2.45) is 5.73 Å². The molecule has 1 aromatic heterocycles. The van der Waals surface area contributed by atoms with E-state index in [2.05, 4.69) is 60.1 Å². The lowest BCUT2D eigenvalue weighted by Gasteiger charge is -2.16. The highest BCUT2D eigenvalue weighted by atomic mass is 32.1. The second-order valence-corrected chi connectivity index (χ2v) is 5.33. The molecule has 1 nitrogen and oxygen atoms in total. The maximum atomic E-state index is 6.43. The van der Waals surface area contributed by atoms with Crippen molar-refractivity contribution in [3.63, 3.8) is 0 Å². The molecular weight excluding hydrogens is 238 g/mol. The van der Waals surface area contributed by atoms with Crippen LogP contribution in [0.2, 0.25) is 0 Å². The first-order chi connectivity index (χ1) is 8.77. The van der Waals surface area contributed by atoms with Crippen LogP contribution < -0.4 is 5.73 Å². The Labute approximate surface area is 111 Å². The third kappa shape index (κ3) is 1.84. The minimum absolute atomic E-state index is 0.0395. The lowest BCUT2D eigenvalue weighted by molar-refractivity contribution is 0.877. The molecule has 1 atom stereocenters. The molecule has 1 heterocycles. The largest absolute Gasteiger partial charge is 0.320 e. The van der Waals surface area contributed by atoms with Gasteiger partial charge in [-0.15, -0.1) is 0 Å². The highest BCUT2D eigenvalue weighted by Crippen LogP contribution is 2.30. The summed E-state index contributed by atoms with van der Waals surface area (Å²) in [5, 5.41) is 6.72. The molecule has 0 spiro atoms. The van der Waals surface area contributed by atoms with Gasteiger partial charge in [-0.1, -0.05) is 36.4 Å². The Kier molecular flexibility index (Phi) is 2.90. The summed E-state index contributed by atoms with van der Waals surface area (Å²) < 4.78 is 0. The van der Waals surface area contributed by atoms with E-state index in [-0.39, 0.29) is 6.04 Å². The standard InChI is InChI=1S/C16H15NS/c1-11-6-7-12-4-2-3-5-14(12)15(11)16(17)13-8-9-18-10-13/h2-10,16H,17H2,1H3. The number of fused-ring (bicyclic) bond motifs is 1. The summed E-state index contributed by atoms with van der Waals surface area (Å²) in [6.07, 6.45) is 0. The first-order valence-electron chi connectivity index (χ1n) is 6.03. The summed E-state index contributed by atoms with van der Waals surface area (Å²) in [4.78, 5) is 0. The summed E-state index contributed by atoms with van der Waals surface area (Å²) in [6, 6.07) is 14.8. The first kappa shape index (κ1) is 11.5. The third-order valence-electron chi connectivity index (χ3n) is 3.40. The molecule has 3 rings (SSSR count). The Morgan fingerprint density at radius 2 is 1.89 bits per heavy atom. The van der Waals surface area contributed by atoms with Crippen LogP contribution in [0.25, 0.3) is 10.8 Å². The van der Waals surface area contributed by atoms with Gasteiger partial charge < -0.3 is 5.73 Å². The van der Waals surface area contributed by atoms with Gasteiger partial charge in [0, 0.05) is 0 Å². The predicted molar refractivity (Wildman–Crippen MR) is 79.0 cm³/mol. The highest BCUT2D eigenvalue weighted by Gasteiger charge is 2.14. The predicted octanol–water partition coefficient (Wildman–Crippen LogP) is 4.26. The van der Waals surface area contributed by atoms with Gasteiger partial charge in [-0.05, 0) is 51.2 Å². The second-order valence-electron chi connectivity index (χ2n) is 4.55. The van der Waals surface area contributed by atoms with E-state index in [0.29, 0.717) is 0 Å². The zero-order valence-corrected chi connectivity index (χ0v) is 11.1. The lowest BCUT2D eigenvalue weighted by atomic mass is 9.92. The van der Waals surface area contributed by atoms with Gasteiger partial charge in [0.1, 0.15) is 0 Å². The molecule has 0 bridgehead atoms. The molecule has 3 aromatic rings. The molecule has 2 aromatic carbocycles. The molecule has 0 saturated heterocycles. The number of nitrogens with two attached hydrogens (primary N) is 1. The van der Waals surface area contributed by atoms with Gasteiger partial charge in [0.15, 0.2) is 0 Å². The third-order valence-corrected chi connectivity index (χ3v) is 4.10. The number of hydrogen-bond acceptors (Lipinski definition) is 2. The zero-order chi connectivity index (χ0) is 12.5. The van der Waals surface area contributed by atoms with Gasteiger partial charge in [0.2, 0.25) is 0 Å². The Hall–Kier alpha value is -1.64. The normalized spacial score (nSPS) is 12.8. The molecule has 0 aliphatic heterocycles. The fraction of sp³-hybridized carbons (Fsp3) is 0.125. The van der Waals surface area contributed by atoms with Crippen molar-refractivity contribution in [1.82, 2.24) is 0 Å². The van der Waals surface area contributed by atoms with Crippen molar-refractivity contribution in [2.45, 2.75) is 13.0 Å². The molecule has 0 amide bonds. The molecular formula is C16H15NS. The smallest absolute Gasteiger partial charge is 0.0568 e. The van der Waals surface area contributed by atoms with Gasteiger partial charge >= 0.3 is 0 Å². The number of benzene rings is 2. The van der Waals surface area contributed by atoms with Crippen LogP contribution in [-0.2, 0) is 0 Å². The summed E-state index contributed by atoms with van der Waals surface area (Å²) in [5.74, 6) is 0. The Bertz CT molecular complexity index is 671. The Balaban J connectivity index is 2.24. The molecule has 1 unspecified atom stereocenters. The van der Waals surface area contributed by atoms with Crippen LogP contribution in [0.5, 0.6) is 0 Å². The van der Waals surface area contributed by atoms with Crippen molar-refractivity contribution in [2.75, 3.05) is 0 Å². The van der Waals surface area contributed by atoms with Gasteiger partial charge in [-0.25, -0.2) is 0 Å². The quantitative estimate of drug-likeness (QED) is 0.725. The van der Waals surface area contributed by atoms with E-state index in [9.17, 15) is 0 Å². The van der Waals surface area contributed by atoms with Crippen molar-refractivity contribution in [3.8, 4) is 0 Å². The topological polar surface area (TPSA) is 26.0 Å². The average Bonchev–Trinajstić information content (AvgIpc) is 2.92. The van der Waals surface area contributed by atoms with E-state index in [0.717, 1.165) is 0 Å². The molecule has 0 aliphatic rings. The van der Waals surface area contributed by atoms with Crippen LogP contribution in [0.4, 0.5) is 0 Å². The Morgan fingerprint density at radius 3 is 2.67 bits per heavy atom. The highest BCUT2D eigenvalue weighted by molar-refractivity contribution is 7.08. The van der Waals surface area contributed by atoms with Crippen LogP contribution >= 0.6 is 11.3 Å². The molecule has 18 heavy (non-hydrogen) atoms. The molecule has 0 radical (unpaired) electrons. The molecule has 0 saturated carbocycles. The van der Waals surface area contributed by atoms with Crippen molar-refractivity contribution in [1.29, 1.82) is 0 Å². The molecule has 90 valence electrons. The number of rotatable bonds is 2. The van der Waals surface area contributed by atoms with Crippen LogP contribution in [0.15, 0.2) is 53.2 Å². The Morgan fingerprint density at radius 1 is 1.06 bits per heavy atom. The summed E-state index contributed by atoms with van der Waals surface area (Å²) >= 11 is 1.69. The minimum Gasteiger partial charge on any atom is -0.320 e. The molecule has 0 fully saturated rings. The van der Waals surface area contributed by atoms with E-state index >= 15 is 0 Å². The SMILES string of the molecule is Cc1ccc2ccccc2c1C(N)c1ccsc1. The van der Waals surface area contributed by atoms with Gasteiger partial charge in [-0.3, -0.25) is 0 Å². The fourth-order valence-corrected chi connectivity index (χ4v) is 3.13. The minimum atomic E-state index is -0.0395. The zero-order valence-electron chi connectivity index (χ0n) is 10.3. The lowest BCUT2D eigenvalue weighted by Crippen LogP contribution is -2.13. The van der Waals surface area contributed by atoms with Gasteiger partial charge in [-0.2, -0.15) is 11.3 Å². The van der Waals surface area contributed by atoms with E-state index in [1.54, 1.807) is 11.3 Å². The van der Waals surface area contributed by atoms with Gasteiger partial charge in [0.05, 0.1) is 6.04 Å².